The molecule has 3 aromatic heterocycles. The summed E-state index contributed by atoms with van der Waals surface area (Å²) in [6.07, 6.45) is 5.46. The smallest absolute Gasteiger partial charge is 0.219 e. The van der Waals surface area contributed by atoms with Crippen LogP contribution in [0.2, 0.25) is 0 Å². The van der Waals surface area contributed by atoms with Crippen LogP contribution in [0.15, 0.2) is 79.3 Å². The molecule has 0 bridgehead atoms. The standard InChI is InChI=1S/C28H24FN5O/c1-19(35)32-13-15-33(16-14-32)22-7-5-20(6-8-22)21-10-12-34-26(18-31-27(34)17-21)23-9-11-30-28-24(23)3-2-4-25(28)29/h2-12,17-18H,13-16H2,1H3. The molecule has 1 aliphatic rings. The maximum absolute atomic E-state index is 14.3. The van der Waals surface area contributed by atoms with Gasteiger partial charge in [-0.15, -0.1) is 0 Å². The van der Waals surface area contributed by atoms with Crippen LogP contribution >= 0.6 is 0 Å². The molecule has 0 unspecified atom stereocenters. The topological polar surface area (TPSA) is 53.7 Å². The lowest BCUT2D eigenvalue weighted by atomic mass is 10.1. The Labute approximate surface area is 202 Å². The lowest BCUT2D eigenvalue weighted by molar-refractivity contribution is -0.129. The number of fused-ring (bicyclic) bond motifs is 2. The first-order valence-electron chi connectivity index (χ1n) is 11.7. The molecule has 35 heavy (non-hydrogen) atoms. The maximum atomic E-state index is 14.3. The molecule has 6 rings (SSSR count). The van der Waals surface area contributed by atoms with Gasteiger partial charge in [-0.3, -0.25) is 14.2 Å². The number of hydrogen-bond acceptors (Lipinski definition) is 4. The number of imidazole rings is 1. The number of para-hydroxylation sites is 1. The average molecular weight is 466 g/mol. The third kappa shape index (κ3) is 3.79. The minimum absolute atomic E-state index is 0.141. The summed E-state index contributed by atoms with van der Waals surface area (Å²) in [6.45, 7) is 4.83. The number of carbonyl (C=O) groups is 1. The van der Waals surface area contributed by atoms with Crippen molar-refractivity contribution in [3.8, 4) is 22.4 Å². The Kier molecular flexibility index (Phi) is 5.17. The molecule has 0 saturated carbocycles. The number of aromatic nitrogens is 3. The van der Waals surface area contributed by atoms with Crippen LogP contribution in [-0.4, -0.2) is 51.4 Å². The molecule has 0 radical (unpaired) electrons. The molecule has 7 heteroatoms. The number of anilines is 1. The Hall–Kier alpha value is -4.26. The maximum Gasteiger partial charge on any atom is 0.219 e. The number of pyridine rings is 2. The lowest BCUT2D eigenvalue weighted by Crippen LogP contribution is -2.48. The quantitative estimate of drug-likeness (QED) is 0.375. The number of rotatable bonds is 3. The minimum atomic E-state index is -0.329. The van der Waals surface area contributed by atoms with E-state index in [0.717, 1.165) is 65.3 Å². The summed E-state index contributed by atoms with van der Waals surface area (Å²) in [6, 6.07) is 19.6. The zero-order valence-corrected chi connectivity index (χ0v) is 19.4. The number of halogens is 1. The lowest BCUT2D eigenvalue weighted by Gasteiger charge is -2.35. The van der Waals surface area contributed by atoms with Crippen molar-refractivity contribution in [3.05, 3.63) is 85.1 Å². The van der Waals surface area contributed by atoms with Crippen molar-refractivity contribution in [3.63, 3.8) is 0 Å². The minimum Gasteiger partial charge on any atom is -0.368 e. The molecule has 0 aliphatic carbocycles. The summed E-state index contributed by atoms with van der Waals surface area (Å²) in [5.74, 6) is -0.188. The van der Waals surface area contributed by atoms with Gasteiger partial charge in [-0.25, -0.2) is 9.37 Å². The predicted octanol–water partition coefficient (Wildman–Crippen LogP) is 5.02. The second-order valence-corrected chi connectivity index (χ2v) is 8.82. The number of carbonyl (C=O) groups excluding carboxylic acids is 1. The summed E-state index contributed by atoms with van der Waals surface area (Å²) in [4.78, 5) is 24.6. The van der Waals surface area contributed by atoms with Crippen molar-refractivity contribution in [1.29, 1.82) is 0 Å². The molecule has 0 N–H and O–H groups in total. The van der Waals surface area contributed by atoms with Gasteiger partial charge < -0.3 is 9.80 Å². The molecule has 5 aromatic rings. The van der Waals surface area contributed by atoms with Crippen LogP contribution in [0.3, 0.4) is 0 Å². The number of nitrogens with zero attached hydrogens (tertiary/aromatic N) is 5. The first kappa shape index (κ1) is 21.3. The molecule has 1 saturated heterocycles. The van der Waals surface area contributed by atoms with Gasteiger partial charge in [0.2, 0.25) is 5.91 Å². The third-order valence-electron chi connectivity index (χ3n) is 6.80. The normalized spacial score (nSPS) is 14.1. The molecule has 1 fully saturated rings. The first-order valence-corrected chi connectivity index (χ1v) is 11.7. The number of amides is 1. The fourth-order valence-corrected chi connectivity index (χ4v) is 4.87. The molecule has 4 heterocycles. The Bertz CT molecular complexity index is 1550. The van der Waals surface area contributed by atoms with Crippen LogP contribution < -0.4 is 4.90 Å². The van der Waals surface area contributed by atoms with Crippen molar-refractivity contribution in [2.24, 2.45) is 0 Å². The number of hydrogen-bond donors (Lipinski definition) is 0. The SMILES string of the molecule is CC(=O)N1CCN(c2ccc(-c3ccn4c(-c5ccnc6c(F)cccc56)cnc4c3)cc2)CC1. The summed E-state index contributed by atoms with van der Waals surface area (Å²) < 4.78 is 16.3. The van der Waals surface area contributed by atoms with E-state index in [-0.39, 0.29) is 11.7 Å². The van der Waals surface area contributed by atoms with Gasteiger partial charge in [0.25, 0.3) is 0 Å². The third-order valence-corrected chi connectivity index (χ3v) is 6.80. The van der Waals surface area contributed by atoms with Gasteiger partial charge in [0, 0.05) is 62.1 Å². The van der Waals surface area contributed by atoms with Gasteiger partial charge in [-0.05, 0) is 47.5 Å². The van der Waals surface area contributed by atoms with Crippen molar-refractivity contribution < 1.29 is 9.18 Å². The second kappa shape index (κ2) is 8.51. The fraction of sp³-hybridized carbons (Fsp3) is 0.179. The van der Waals surface area contributed by atoms with E-state index in [9.17, 15) is 9.18 Å². The fourth-order valence-electron chi connectivity index (χ4n) is 4.87. The highest BCUT2D eigenvalue weighted by molar-refractivity contribution is 5.94. The number of piperazine rings is 1. The molecule has 0 spiro atoms. The van der Waals surface area contributed by atoms with Gasteiger partial charge in [0.1, 0.15) is 17.0 Å². The van der Waals surface area contributed by atoms with Crippen LogP contribution in [0.4, 0.5) is 10.1 Å². The highest BCUT2D eigenvalue weighted by Gasteiger charge is 2.19. The van der Waals surface area contributed by atoms with Gasteiger partial charge in [0.05, 0.1) is 11.9 Å². The second-order valence-electron chi connectivity index (χ2n) is 8.82. The van der Waals surface area contributed by atoms with Crippen LogP contribution in [0.25, 0.3) is 38.9 Å². The average Bonchev–Trinajstić information content (AvgIpc) is 3.32. The van der Waals surface area contributed by atoms with E-state index in [1.54, 1.807) is 19.2 Å². The largest absolute Gasteiger partial charge is 0.368 e. The van der Waals surface area contributed by atoms with Crippen molar-refractivity contribution in [2.45, 2.75) is 6.92 Å². The molecule has 0 atom stereocenters. The summed E-state index contributed by atoms with van der Waals surface area (Å²) in [5.41, 5.74) is 6.32. The van der Waals surface area contributed by atoms with Crippen LogP contribution in [-0.2, 0) is 4.79 Å². The summed E-state index contributed by atoms with van der Waals surface area (Å²) in [5, 5.41) is 0.762. The highest BCUT2D eigenvalue weighted by Crippen LogP contribution is 2.31. The zero-order chi connectivity index (χ0) is 23.9. The van der Waals surface area contributed by atoms with E-state index in [1.165, 1.54) is 6.07 Å². The zero-order valence-electron chi connectivity index (χ0n) is 19.4. The van der Waals surface area contributed by atoms with Gasteiger partial charge in [-0.2, -0.15) is 0 Å². The van der Waals surface area contributed by atoms with E-state index in [4.69, 9.17) is 0 Å². The van der Waals surface area contributed by atoms with E-state index < -0.39 is 0 Å². The van der Waals surface area contributed by atoms with E-state index in [1.807, 2.05) is 33.8 Å². The summed E-state index contributed by atoms with van der Waals surface area (Å²) >= 11 is 0. The molecule has 6 nitrogen and oxygen atoms in total. The van der Waals surface area contributed by atoms with Gasteiger partial charge in [-0.1, -0.05) is 24.3 Å². The Morgan fingerprint density at radius 3 is 2.49 bits per heavy atom. The monoisotopic (exact) mass is 465 g/mol. The molecular formula is C28H24FN5O. The number of benzene rings is 2. The molecule has 1 amide bonds. The molecule has 2 aromatic carbocycles. The molecule has 174 valence electrons. The summed E-state index contributed by atoms with van der Waals surface area (Å²) in [7, 11) is 0. The Balaban J connectivity index is 1.28. The first-order chi connectivity index (χ1) is 17.1. The van der Waals surface area contributed by atoms with Crippen LogP contribution in [0.1, 0.15) is 6.92 Å². The van der Waals surface area contributed by atoms with Crippen molar-refractivity contribution >= 4 is 28.1 Å². The Morgan fingerprint density at radius 1 is 0.914 bits per heavy atom. The van der Waals surface area contributed by atoms with E-state index in [0.29, 0.717) is 5.52 Å². The van der Waals surface area contributed by atoms with Gasteiger partial charge in [0.15, 0.2) is 0 Å². The van der Waals surface area contributed by atoms with Crippen molar-refractivity contribution in [2.75, 3.05) is 31.1 Å². The van der Waals surface area contributed by atoms with E-state index in [2.05, 4.69) is 51.3 Å². The predicted molar refractivity (Wildman–Crippen MR) is 136 cm³/mol. The van der Waals surface area contributed by atoms with Crippen LogP contribution in [0, 0.1) is 5.82 Å². The van der Waals surface area contributed by atoms with Crippen LogP contribution in [0.5, 0.6) is 0 Å². The van der Waals surface area contributed by atoms with Gasteiger partial charge >= 0.3 is 0 Å². The van der Waals surface area contributed by atoms with Crippen molar-refractivity contribution in [1.82, 2.24) is 19.3 Å². The highest BCUT2D eigenvalue weighted by atomic mass is 19.1. The Morgan fingerprint density at radius 2 is 1.71 bits per heavy atom. The molecular weight excluding hydrogens is 441 g/mol. The molecule has 1 aliphatic heterocycles. The van der Waals surface area contributed by atoms with E-state index >= 15 is 0 Å².